The molecule has 2 amide bonds. The minimum Gasteiger partial charge on any atom is -0.321 e. The normalized spacial score (nSPS) is 12.4. The predicted molar refractivity (Wildman–Crippen MR) is 89.9 cm³/mol. The molecule has 0 unspecified atom stereocenters. The lowest BCUT2D eigenvalue weighted by Gasteiger charge is -2.14. The fraction of sp³-hybridized carbons (Fsp3) is 0.176. The summed E-state index contributed by atoms with van der Waals surface area (Å²) in [6.45, 7) is 1.11. The van der Waals surface area contributed by atoms with E-state index in [1.54, 1.807) is 0 Å². The van der Waals surface area contributed by atoms with E-state index < -0.39 is 46.7 Å². The lowest BCUT2D eigenvalue weighted by molar-refractivity contribution is -0.143. The number of alkyl halides is 6. The van der Waals surface area contributed by atoms with Gasteiger partial charge in [0.15, 0.2) is 0 Å². The molecule has 0 atom stereocenters. The summed E-state index contributed by atoms with van der Waals surface area (Å²) in [7, 11) is 0. The Morgan fingerprint density at radius 1 is 0.931 bits per heavy atom. The van der Waals surface area contributed by atoms with E-state index in [0.29, 0.717) is 12.1 Å². The number of carbonyl (C=O) groups is 2. The first-order valence-corrected chi connectivity index (χ1v) is 7.73. The number of hydrazone groups is 1. The molecule has 6 nitrogen and oxygen atoms in total. The number of pyridine rings is 1. The van der Waals surface area contributed by atoms with E-state index in [-0.39, 0.29) is 11.6 Å². The molecule has 1 aromatic carbocycles. The minimum atomic E-state index is -5.05. The molecule has 0 radical (unpaired) electrons. The number of nitrogens with one attached hydrogen (secondary N) is 2. The molecule has 12 heteroatoms. The first-order chi connectivity index (χ1) is 13.4. The highest BCUT2D eigenvalue weighted by Crippen LogP contribution is 2.37. The van der Waals surface area contributed by atoms with Gasteiger partial charge in [0.2, 0.25) is 0 Å². The molecule has 0 aliphatic carbocycles. The Morgan fingerprint density at radius 3 is 1.93 bits per heavy atom. The van der Waals surface area contributed by atoms with Crippen molar-refractivity contribution in [1.29, 1.82) is 0 Å². The standard InChI is InChI=1S/C17H12F6N4O2/c1-9(26-27-15(29)10-2-4-24-5-3-10)14(28)25-13-7-11(16(18,19)20)6-12(8-13)17(21,22)23/h2-8H,1H3,(H,25,28)(H,27,29)/b26-9+. The maximum atomic E-state index is 12.8. The summed E-state index contributed by atoms with van der Waals surface area (Å²) >= 11 is 0. The van der Waals surface area contributed by atoms with Crippen molar-refractivity contribution in [3.05, 3.63) is 59.4 Å². The second-order valence-electron chi connectivity index (χ2n) is 5.62. The molecule has 0 bridgehead atoms. The zero-order valence-electron chi connectivity index (χ0n) is 14.5. The Labute approximate surface area is 159 Å². The smallest absolute Gasteiger partial charge is 0.321 e. The quantitative estimate of drug-likeness (QED) is 0.449. The number of hydrogen-bond acceptors (Lipinski definition) is 4. The first kappa shape index (κ1) is 21.9. The second-order valence-corrected chi connectivity index (χ2v) is 5.62. The van der Waals surface area contributed by atoms with Crippen LogP contribution in [-0.4, -0.2) is 22.5 Å². The van der Waals surface area contributed by atoms with Crippen molar-refractivity contribution < 1.29 is 35.9 Å². The topological polar surface area (TPSA) is 83.5 Å². The number of hydrogen-bond donors (Lipinski definition) is 2. The zero-order chi connectivity index (χ0) is 21.8. The molecular weight excluding hydrogens is 406 g/mol. The van der Waals surface area contributed by atoms with Gasteiger partial charge in [0, 0.05) is 23.6 Å². The summed E-state index contributed by atoms with van der Waals surface area (Å²) in [4.78, 5) is 27.5. The molecule has 0 spiro atoms. The van der Waals surface area contributed by atoms with E-state index >= 15 is 0 Å². The van der Waals surface area contributed by atoms with Gasteiger partial charge in [0.1, 0.15) is 5.71 Å². The van der Waals surface area contributed by atoms with Crippen LogP contribution in [0.3, 0.4) is 0 Å². The monoisotopic (exact) mass is 418 g/mol. The van der Waals surface area contributed by atoms with Crippen LogP contribution in [0.2, 0.25) is 0 Å². The van der Waals surface area contributed by atoms with Gasteiger partial charge in [0.05, 0.1) is 11.1 Å². The van der Waals surface area contributed by atoms with Crippen LogP contribution in [-0.2, 0) is 17.1 Å². The summed E-state index contributed by atoms with van der Waals surface area (Å²) < 4.78 is 77.1. The Morgan fingerprint density at radius 2 is 1.45 bits per heavy atom. The number of rotatable bonds is 4. The molecule has 0 fully saturated rings. The van der Waals surface area contributed by atoms with Gasteiger partial charge < -0.3 is 5.32 Å². The van der Waals surface area contributed by atoms with Crippen LogP contribution in [0.1, 0.15) is 28.4 Å². The molecule has 154 valence electrons. The second kappa shape index (κ2) is 8.29. The summed E-state index contributed by atoms with van der Waals surface area (Å²) in [5.41, 5.74) is -2.09. The highest BCUT2D eigenvalue weighted by Gasteiger charge is 2.37. The Hall–Kier alpha value is -3.44. The van der Waals surface area contributed by atoms with E-state index in [2.05, 4.69) is 10.1 Å². The molecular formula is C17H12F6N4O2. The van der Waals surface area contributed by atoms with Gasteiger partial charge in [-0.05, 0) is 37.3 Å². The van der Waals surface area contributed by atoms with Crippen molar-refractivity contribution in [2.45, 2.75) is 19.3 Å². The molecule has 1 aromatic heterocycles. The molecule has 0 saturated carbocycles. The predicted octanol–water partition coefficient (Wildman–Crippen LogP) is 3.86. The van der Waals surface area contributed by atoms with Crippen LogP contribution in [0.25, 0.3) is 0 Å². The van der Waals surface area contributed by atoms with E-state index in [9.17, 15) is 35.9 Å². The number of halogens is 6. The summed E-state index contributed by atoms with van der Waals surface area (Å²) in [6.07, 6.45) is -7.43. The number of benzene rings is 1. The van der Waals surface area contributed by atoms with Gasteiger partial charge in [-0.1, -0.05) is 0 Å². The van der Waals surface area contributed by atoms with Crippen LogP contribution in [0, 0.1) is 0 Å². The number of anilines is 1. The average molecular weight is 418 g/mol. The third-order valence-electron chi connectivity index (χ3n) is 3.44. The fourth-order valence-corrected chi connectivity index (χ4v) is 2.00. The third-order valence-corrected chi connectivity index (χ3v) is 3.44. The molecule has 2 aromatic rings. The Kier molecular flexibility index (Phi) is 6.25. The lowest BCUT2D eigenvalue weighted by Crippen LogP contribution is -2.26. The fourth-order valence-electron chi connectivity index (χ4n) is 2.00. The van der Waals surface area contributed by atoms with Gasteiger partial charge in [-0.3, -0.25) is 14.6 Å². The summed E-state index contributed by atoms with van der Waals surface area (Å²) in [6, 6.07) is 3.38. The third kappa shape index (κ3) is 6.02. The van der Waals surface area contributed by atoms with Crippen LogP contribution in [0.5, 0.6) is 0 Å². The van der Waals surface area contributed by atoms with Crippen molar-refractivity contribution >= 4 is 23.2 Å². The molecule has 29 heavy (non-hydrogen) atoms. The minimum absolute atomic E-state index is 0.0639. The first-order valence-electron chi connectivity index (χ1n) is 7.73. The molecule has 2 N–H and O–H groups in total. The highest BCUT2D eigenvalue weighted by atomic mass is 19.4. The maximum Gasteiger partial charge on any atom is 0.416 e. The Bertz CT molecular complexity index is 907. The number of amides is 2. The van der Waals surface area contributed by atoms with Gasteiger partial charge >= 0.3 is 12.4 Å². The van der Waals surface area contributed by atoms with Crippen LogP contribution < -0.4 is 10.7 Å². The van der Waals surface area contributed by atoms with E-state index in [1.807, 2.05) is 10.7 Å². The lowest BCUT2D eigenvalue weighted by atomic mass is 10.1. The largest absolute Gasteiger partial charge is 0.416 e. The van der Waals surface area contributed by atoms with Crippen molar-refractivity contribution in [3.8, 4) is 0 Å². The zero-order valence-corrected chi connectivity index (χ0v) is 14.5. The van der Waals surface area contributed by atoms with Gasteiger partial charge in [-0.2, -0.15) is 31.4 Å². The van der Waals surface area contributed by atoms with E-state index in [1.165, 1.54) is 24.5 Å². The molecule has 0 aliphatic rings. The maximum absolute atomic E-state index is 12.8. The summed E-state index contributed by atoms with van der Waals surface area (Å²) in [5, 5.41) is 5.38. The van der Waals surface area contributed by atoms with Gasteiger partial charge in [0.25, 0.3) is 11.8 Å². The van der Waals surface area contributed by atoms with Gasteiger partial charge in [-0.25, -0.2) is 5.43 Å². The number of carbonyl (C=O) groups excluding carboxylic acids is 2. The SMILES string of the molecule is C/C(=N\NC(=O)c1ccncc1)C(=O)Nc1cc(C(F)(F)F)cc(C(F)(F)F)c1. The Balaban J connectivity index is 2.19. The van der Waals surface area contributed by atoms with E-state index in [4.69, 9.17) is 0 Å². The number of nitrogens with zero attached hydrogens (tertiary/aromatic N) is 2. The van der Waals surface area contributed by atoms with Crippen molar-refractivity contribution in [2.75, 3.05) is 5.32 Å². The molecule has 1 heterocycles. The van der Waals surface area contributed by atoms with E-state index in [0.717, 1.165) is 6.92 Å². The molecule has 2 rings (SSSR count). The van der Waals surface area contributed by atoms with Crippen LogP contribution >= 0.6 is 0 Å². The van der Waals surface area contributed by atoms with Crippen molar-refractivity contribution in [2.24, 2.45) is 5.10 Å². The van der Waals surface area contributed by atoms with Crippen molar-refractivity contribution in [3.63, 3.8) is 0 Å². The van der Waals surface area contributed by atoms with Crippen LogP contribution in [0.4, 0.5) is 32.0 Å². The highest BCUT2D eigenvalue weighted by molar-refractivity contribution is 6.42. The number of aromatic nitrogens is 1. The molecule has 0 aliphatic heterocycles. The van der Waals surface area contributed by atoms with Crippen molar-refractivity contribution in [1.82, 2.24) is 10.4 Å². The van der Waals surface area contributed by atoms with Gasteiger partial charge in [-0.15, -0.1) is 0 Å². The summed E-state index contributed by atoms with van der Waals surface area (Å²) in [5.74, 6) is -1.80. The molecule has 0 saturated heterocycles. The van der Waals surface area contributed by atoms with Crippen LogP contribution in [0.15, 0.2) is 47.8 Å². The average Bonchev–Trinajstić information content (AvgIpc) is 2.64.